The van der Waals surface area contributed by atoms with Crippen molar-refractivity contribution < 1.29 is 13.9 Å². The van der Waals surface area contributed by atoms with Gasteiger partial charge in [0.2, 0.25) is 0 Å². The fraction of sp³-hybridized carbons (Fsp3) is 0.0323. The van der Waals surface area contributed by atoms with Crippen LogP contribution in [0.5, 0.6) is 23.0 Å². The zero-order valence-corrected chi connectivity index (χ0v) is 35.5. The van der Waals surface area contributed by atoms with Crippen molar-refractivity contribution in [3.63, 3.8) is 0 Å². The van der Waals surface area contributed by atoms with E-state index < -0.39 is 10.8 Å². The van der Waals surface area contributed by atoms with Gasteiger partial charge in [0.1, 0.15) is 34.2 Å². The highest BCUT2D eigenvalue weighted by Crippen LogP contribution is 2.67. The molecule has 0 radical (unpaired) electrons. The minimum atomic E-state index is -0.630. The zero-order valence-electron chi connectivity index (χ0n) is 35.5. The maximum absolute atomic E-state index is 6.74. The van der Waals surface area contributed by atoms with E-state index in [9.17, 15) is 0 Å². The molecule has 308 valence electrons. The maximum Gasteiger partial charge on any atom is 0.135 e. The molecule has 66 heavy (non-hydrogen) atoms. The summed E-state index contributed by atoms with van der Waals surface area (Å²) in [6.45, 7) is 0. The highest BCUT2D eigenvalue weighted by molar-refractivity contribution is 6.08. The number of para-hydroxylation sites is 5. The summed E-state index contributed by atoms with van der Waals surface area (Å²) in [6.07, 6.45) is 0. The van der Waals surface area contributed by atoms with Gasteiger partial charge in [-0.1, -0.05) is 164 Å². The third kappa shape index (κ3) is 4.38. The maximum atomic E-state index is 6.74. The normalized spacial score (nSPS) is 14.5. The van der Waals surface area contributed by atoms with Gasteiger partial charge in [0.05, 0.1) is 22.2 Å². The Hall–Kier alpha value is -8.60. The van der Waals surface area contributed by atoms with Crippen LogP contribution in [0.25, 0.3) is 44.2 Å². The van der Waals surface area contributed by atoms with E-state index in [0.717, 1.165) is 84.3 Å². The zero-order chi connectivity index (χ0) is 43.1. The first-order chi connectivity index (χ1) is 32.7. The lowest BCUT2D eigenvalue weighted by molar-refractivity contribution is 0.436. The van der Waals surface area contributed by atoms with Crippen LogP contribution in [0.15, 0.2) is 229 Å². The second-order valence-corrected chi connectivity index (χ2v) is 17.8. The second kappa shape index (κ2) is 13.0. The Labute approximate surface area is 381 Å². The highest BCUT2D eigenvalue weighted by atomic mass is 16.5. The topological polar surface area (TPSA) is 34.8 Å². The van der Waals surface area contributed by atoms with Crippen molar-refractivity contribution in [1.29, 1.82) is 0 Å². The fourth-order valence-electron chi connectivity index (χ4n) is 12.4. The molecule has 0 saturated carbocycles. The SMILES string of the molecule is c1ccc2c(c1)Oc1ccccc1C21c2ccccc2-c2c(N(c3ccc4oc5ccccc5c4c3)c3cccc4c3-c3ccccc3C43c4ccccc4Oc4ccccc43)cccc21. The van der Waals surface area contributed by atoms with Crippen LogP contribution in [-0.4, -0.2) is 0 Å². The third-order valence-corrected chi connectivity index (χ3v) is 14.8. The molecule has 4 heteroatoms. The number of nitrogens with zero attached hydrogens (tertiary/aromatic N) is 1. The van der Waals surface area contributed by atoms with Crippen LogP contribution in [0, 0.1) is 0 Å². The summed E-state index contributed by atoms with van der Waals surface area (Å²) in [6, 6.07) is 81.3. The lowest BCUT2D eigenvalue weighted by atomic mass is 9.66. The quantitative estimate of drug-likeness (QED) is 0.177. The van der Waals surface area contributed by atoms with E-state index in [1.54, 1.807) is 0 Å². The van der Waals surface area contributed by atoms with Crippen LogP contribution in [0.1, 0.15) is 44.5 Å². The van der Waals surface area contributed by atoms with Gasteiger partial charge in [-0.25, -0.2) is 0 Å². The molecule has 15 rings (SSSR count). The standard InChI is InChI=1S/C62H37NO3/c1-4-20-43-40(18-1)59-49(61(43)45-22-6-11-31-55(45)65-56-32-12-7-23-46(56)61)26-15-28-51(59)63(38-35-36-54-42(37-38)39-17-3-10-30-53(39)64-54)52-29-16-27-50-60(52)41-19-2-5-21-44(41)62(50)47-24-8-13-33-57(47)66-58-34-14-9-25-48(58)62/h1-37H. The summed E-state index contributed by atoms with van der Waals surface area (Å²) in [5.41, 5.74) is 17.9. The first-order valence-electron chi connectivity index (χ1n) is 22.7. The number of anilines is 3. The fourth-order valence-corrected chi connectivity index (χ4v) is 12.4. The number of hydrogen-bond donors (Lipinski definition) is 0. The molecule has 0 unspecified atom stereocenters. The largest absolute Gasteiger partial charge is 0.457 e. The number of ether oxygens (including phenoxy) is 2. The summed E-state index contributed by atoms with van der Waals surface area (Å²) >= 11 is 0. The summed E-state index contributed by atoms with van der Waals surface area (Å²) < 4.78 is 20.0. The number of benzene rings is 10. The Morgan fingerprint density at radius 3 is 1.20 bits per heavy atom. The van der Waals surface area contributed by atoms with E-state index in [4.69, 9.17) is 13.9 Å². The number of fused-ring (bicyclic) bond motifs is 21. The average molecular weight is 844 g/mol. The van der Waals surface area contributed by atoms with Gasteiger partial charge in [-0.3, -0.25) is 0 Å². The van der Waals surface area contributed by atoms with Crippen LogP contribution in [0.4, 0.5) is 17.1 Å². The first kappa shape index (κ1) is 35.8. The monoisotopic (exact) mass is 843 g/mol. The molecule has 11 aromatic rings. The van der Waals surface area contributed by atoms with E-state index in [2.05, 4.69) is 223 Å². The van der Waals surface area contributed by atoms with Crippen LogP contribution in [0.3, 0.4) is 0 Å². The molecule has 0 saturated heterocycles. The Morgan fingerprint density at radius 2 is 0.697 bits per heavy atom. The molecule has 0 atom stereocenters. The minimum absolute atomic E-state index is 0.630. The molecule has 2 spiro atoms. The molecule has 4 aliphatic rings. The van der Waals surface area contributed by atoms with Gasteiger partial charge in [0.25, 0.3) is 0 Å². The molecule has 2 aliphatic heterocycles. The lowest BCUT2D eigenvalue weighted by Gasteiger charge is -2.40. The minimum Gasteiger partial charge on any atom is -0.457 e. The van der Waals surface area contributed by atoms with Crippen molar-refractivity contribution in [3.8, 4) is 45.3 Å². The van der Waals surface area contributed by atoms with E-state index >= 15 is 0 Å². The van der Waals surface area contributed by atoms with Crippen molar-refractivity contribution >= 4 is 39.0 Å². The molecule has 0 fully saturated rings. The predicted octanol–water partition coefficient (Wildman–Crippen LogP) is 16.0. The summed E-state index contributed by atoms with van der Waals surface area (Å²) in [5.74, 6) is 3.49. The molecule has 3 heterocycles. The van der Waals surface area contributed by atoms with Crippen LogP contribution < -0.4 is 14.4 Å². The highest BCUT2D eigenvalue weighted by Gasteiger charge is 2.54. The predicted molar refractivity (Wildman–Crippen MR) is 263 cm³/mol. The molecule has 0 N–H and O–H groups in total. The summed E-state index contributed by atoms with van der Waals surface area (Å²) in [4.78, 5) is 2.53. The van der Waals surface area contributed by atoms with Gasteiger partial charge in [0, 0.05) is 49.8 Å². The van der Waals surface area contributed by atoms with Gasteiger partial charge < -0.3 is 18.8 Å². The molecule has 1 aromatic heterocycles. The van der Waals surface area contributed by atoms with Gasteiger partial charge in [-0.05, 0) is 94.0 Å². The Bertz CT molecular complexity index is 3590. The molecule has 4 nitrogen and oxygen atoms in total. The van der Waals surface area contributed by atoms with Crippen molar-refractivity contribution in [3.05, 3.63) is 269 Å². The van der Waals surface area contributed by atoms with Gasteiger partial charge in [-0.2, -0.15) is 0 Å². The Morgan fingerprint density at radius 1 is 0.303 bits per heavy atom. The van der Waals surface area contributed by atoms with Crippen molar-refractivity contribution in [2.24, 2.45) is 0 Å². The average Bonchev–Trinajstić information content (AvgIpc) is 4.00. The first-order valence-corrected chi connectivity index (χ1v) is 22.7. The Kier molecular flexibility index (Phi) is 7.05. The van der Waals surface area contributed by atoms with Crippen LogP contribution in [-0.2, 0) is 10.8 Å². The van der Waals surface area contributed by atoms with Crippen LogP contribution >= 0.6 is 0 Å². The molecule has 2 aliphatic carbocycles. The second-order valence-electron chi connectivity index (χ2n) is 17.8. The van der Waals surface area contributed by atoms with Crippen molar-refractivity contribution in [1.82, 2.24) is 0 Å². The number of furan rings is 1. The molecule has 0 amide bonds. The van der Waals surface area contributed by atoms with Gasteiger partial charge in [0.15, 0.2) is 0 Å². The smallest absolute Gasteiger partial charge is 0.135 e. The molecular weight excluding hydrogens is 807 g/mol. The van der Waals surface area contributed by atoms with E-state index in [-0.39, 0.29) is 0 Å². The molecule has 10 aromatic carbocycles. The van der Waals surface area contributed by atoms with Crippen molar-refractivity contribution in [2.75, 3.05) is 4.90 Å². The lowest BCUT2D eigenvalue weighted by Crippen LogP contribution is -2.32. The van der Waals surface area contributed by atoms with E-state index in [1.807, 2.05) is 6.07 Å². The van der Waals surface area contributed by atoms with E-state index in [1.165, 1.54) is 44.5 Å². The van der Waals surface area contributed by atoms with Crippen molar-refractivity contribution in [2.45, 2.75) is 10.8 Å². The number of hydrogen-bond acceptors (Lipinski definition) is 4. The summed E-state index contributed by atoms with van der Waals surface area (Å²) in [7, 11) is 0. The summed E-state index contributed by atoms with van der Waals surface area (Å²) in [5, 5.41) is 2.16. The van der Waals surface area contributed by atoms with E-state index in [0.29, 0.717) is 0 Å². The molecule has 0 bridgehead atoms. The van der Waals surface area contributed by atoms with Gasteiger partial charge in [-0.15, -0.1) is 0 Å². The van der Waals surface area contributed by atoms with Gasteiger partial charge >= 0.3 is 0 Å². The number of rotatable bonds is 3. The Balaban J connectivity index is 1.08. The molecular formula is C62H37NO3. The van der Waals surface area contributed by atoms with Crippen LogP contribution in [0.2, 0.25) is 0 Å². The third-order valence-electron chi connectivity index (χ3n) is 14.8.